The summed E-state index contributed by atoms with van der Waals surface area (Å²) in [5, 5.41) is 12.4. The summed E-state index contributed by atoms with van der Waals surface area (Å²) in [6.45, 7) is 1.80. The molecule has 2 N–H and O–H groups in total. The average molecular weight is 477 g/mol. The number of benzene rings is 1. The summed E-state index contributed by atoms with van der Waals surface area (Å²) >= 11 is 0.926. The third-order valence-electron chi connectivity index (χ3n) is 5.46. The molecule has 0 saturated heterocycles. The highest BCUT2D eigenvalue weighted by Crippen LogP contribution is 2.29. The number of ketones is 1. The van der Waals surface area contributed by atoms with Gasteiger partial charge in [-0.25, -0.2) is 8.42 Å². The number of nitrogens with one attached hydrogen (secondary N) is 1. The minimum absolute atomic E-state index is 0.0268. The number of carbonyl (C=O) groups is 2. The lowest BCUT2D eigenvalue weighted by molar-refractivity contribution is -0.109. The highest BCUT2D eigenvalue weighted by Gasteiger charge is 2.29. The first kappa shape index (κ1) is 24.4. The van der Waals surface area contributed by atoms with Crippen LogP contribution >= 0.6 is 11.8 Å². The Bertz CT molecular complexity index is 1030. The second-order valence-electron chi connectivity index (χ2n) is 7.67. The summed E-state index contributed by atoms with van der Waals surface area (Å²) < 4.78 is 27.9. The zero-order chi connectivity index (χ0) is 23.1. The number of rotatable bonds is 11. The molecular formula is C23H28N2O5S2. The molecule has 0 fully saturated rings. The summed E-state index contributed by atoms with van der Waals surface area (Å²) in [5.74, 6) is 0.0237. The number of hydrogen-bond donors (Lipinski definition) is 2. The second kappa shape index (κ2) is 11.1. The van der Waals surface area contributed by atoms with Crippen molar-refractivity contribution >= 4 is 32.7 Å². The highest BCUT2D eigenvalue weighted by atomic mass is 32.2. The maximum atomic E-state index is 13.3. The van der Waals surface area contributed by atoms with Crippen LogP contribution in [0.25, 0.3) is 0 Å². The van der Waals surface area contributed by atoms with Crippen LogP contribution in [0.2, 0.25) is 0 Å². The Balaban J connectivity index is 1.70. The van der Waals surface area contributed by atoms with Crippen molar-refractivity contribution in [3.05, 3.63) is 65.9 Å². The van der Waals surface area contributed by atoms with E-state index in [0.717, 1.165) is 17.3 Å². The molecule has 1 aliphatic carbocycles. The Kier molecular flexibility index (Phi) is 8.47. The van der Waals surface area contributed by atoms with Crippen molar-refractivity contribution in [1.82, 2.24) is 9.62 Å². The van der Waals surface area contributed by atoms with Crippen LogP contribution in [0, 0.1) is 5.92 Å². The predicted octanol–water partition coefficient (Wildman–Crippen LogP) is 2.51. The standard InChI is InChI=1S/C23H28N2O5S2/c1-17(27)31-16-23(28)18-7-9-20(10-8-18)32(29,30)25(12-4-14-26)13-11-19-15-24-22-6-3-2-5-21(19)22/h2-3,5-10,15,21-22,24,26H,4,11-14,16H2,1H3. The number of fused-ring (bicyclic) bond motifs is 1. The minimum Gasteiger partial charge on any atom is -0.396 e. The highest BCUT2D eigenvalue weighted by molar-refractivity contribution is 8.14. The Morgan fingerprint density at radius 1 is 1.12 bits per heavy atom. The molecule has 1 aromatic rings. The van der Waals surface area contributed by atoms with Gasteiger partial charge in [-0.3, -0.25) is 9.59 Å². The molecule has 3 rings (SSSR count). The smallest absolute Gasteiger partial charge is 0.243 e. The van der Waals surface area contributed by atoms with Crippen molar-refractivity contribution in [1.29, 1.82) is 0 Å². The van der Waals surface area contributed by atoms with Crippen LogP contribution in [-0.2, 0) is 14.8 Å². The molecule has 172 valence electrons. The first-order valence-electron chi connectivity index (χ1n) is 10.5. The van der Waals surface area contributed by atoms with Gasteiger partial charge in [0.2, 0.25) is 10.0 Å². The van der Waals surface area contributed by atoms with Gasteiger partial charge >= 0.3 is 0 Å². The lowest BCUT2D eigenvalue weighted by atomic mass is 9.90. The van der Waals surface area contributed by atoms with Gasteiger partial charge in [0.1, 0.15) is 0 Å². The maximum Gasteiger partial charge on any atom is 0.243 e. The van der Waals surface area contributed by atoms with Gasteiger partial charge in [0, 0.05) is 38.1 Å². The largest absolute Gasteiger partial charge is 0.396 e. The molecule has 32 heavy (non-hydrogen) atoms. The molecule has 7 nitrogen and oxygen atoms in total. The number of nitrogens with zero attached hydrogens (tertiary/aromatic N) is 1. The van der Waals surface area contributed by atoms with Crippen LogP contribution in [-0.4, -0.2) is 60.2 Å². The normalized spacial score (nSPS) is 19.5. The van der Waals surface area contributed by atoms with Crippen LogP contribution < -0.4 is 5.32 Å². The quantitative estimate of drug-likeness (QED) is 0.473. The monoisotopic (exact) mass is 476 g/mol. The molecule has 2 atom stereocenters. The fourth-order valence-electron chi connectivity index (χ4n) is 3.72. The second-order valence-corrected chi connectivity index (χ2v) is 10.8. The Labute approximate surface area is 193 Å². The van der Waals surface area contributed by atoms with E-state index in [2.05, 4.69) is 17.5 Å². The van der Waals surface area contributed by atoms with Crippen LogP contribution in [0.3, 0.4) is 0 Å². The number of allylic oxidation sites excluding steroid dienone is 2. The van der Waals surface area contributed by atoms with Crippen LogP contribution in [0.5, 0.6) is 0 Å². The van der Waals surface area contributed by atoms with Crippen LogP contribution in [0.15, 0.2) is 65.2 Å². The van der Waals surface area contributed by atoms with E-state index in [1.165, 1.54) is 35.5 Å². The molecule has 0 spiro atoms. The molecule has 2 unspecified atom stereocenters. The number of hydrogen-bond acceptors (Lipinski definition) is 7. The molecule has 0 saturated carbocycles. The summed E-state index contributed by atoms with van der Waals surface area (Å²) in [5.41, 5.74) is 1.51. The molecule has 0 bridgehead atoms. The summed E-state index contributed by atoms with van der Waals surface area (Å²) in [6, 6.07) is 6.02. The minimum atomic E-state index is -3.79. The Hall–Kier alpha value is -2.20. The van der Waals surface area contributed by atoms with E-state index in [0.29, 0.717) is 24.9 Å². The van der Waals surface area contributed by atoms with Crippen molar-refractivity contribution in [3.8, 4) is 0 Å². The number of carbonyl (C=O) groups excluding carboxylic acids is 2. The van der Waals surface area contributed by atoms with E-state index in [-0.39, 0.29) is 46.7 Å². The zero-order valence-electron chi connectivity index (χ0n) is 17.9. The zero-order valence-corrected chi connectivity index (χ0v) is 19.6. The van der Waals surface area contributed by atoms with E-state index in [1.807, 2.05) is 18.4 Å². The Morgan fingerprint density at radius 3 is 2.53 bits per heavy atom. The fourth-order valence-corrected chi connectivity index (χ4v) is 5.70. The molecule has 1 heterocycles. The molecule has 0 amide bonds. The van der Waals surface area contributed by atoms with Gasteiger partial charge in [0.15, 0.2) is 10.9 Å². The van der Waals surface area contributed by atoms with E-state index in [9.17, 15) is 23.1 Å². The SMILES string of the molecule is CC(=O)SCC(=O)c1ccc(S(=O)(=O)N(CCCO)CCC2=CNC3C=CC=CC23)cc1. The first-order valence-corrected chi connectivity index (χ1v) is 12.9. The van der Waals surface area contributed by atoms with Gasteiger partial charge in [-0.2, -0.15) is 4.31 Å². The number of thioether (sulfide) groups is 1. The van der Waals surface area contributed by atoms with Gasteiger partial charge < -0.3 is 10.4 Å². The Morgan fingerprint density at radius 2 is 1.84 bits per heavy atom. The number of Topliss-reactive ketones (excluding diaryl/α,β-unsaturated/α-hetero) is 1. The first-order chi connectivity index (χ1) is 15.3. The summed E-state index contributed by atoms with van der Waals surface area (Å²) in [7, 11) is -3.79. The number of aliphatic hydroxyl groups is 1. The third kappa shape index (κ3) is 5.98. The molecular weight excluding hydrogens is 448 g/mol. The molecule has 0 radical (unpaired) electrons. The fraction of sp³-hybridized carbons (Fsp3) is 0.391. The van der Waals surface area contributed by atoms with Gasteiger partial charge in [-0.05, 0) is 36.7 Å². The molecule has 2 aliphatic rings. The van der Waals surface area contributed by atoms with Crippen molar-refractivity contribution in [3.63, 3.8) is 0 Å². The molecule has 9 heteroatoms. The summed E-state index contributed by atoms with van der Waals surface area (Å²) in [4.78, 5) is 23.3. The van der Waals surface area contributed by atoms with Crippen molar-refractivity contribution in [2.45, 2.75) is 30.7 Å². The predicted molar refractivity (Wildman–Crippen MR) is 126 cm³/mol. The van der Waals surface area contributed by atoms with Crippen LogP contribution in [0.1, 0.15) is 30.1 Å². The van der Waals surface area contributed by atoms with Crippen LogP contribution in [0.4, 0.5) is 0 Å². The third-order valence-corrected chi connectivity index (χ3v) is 8.19. The van der Waals surface area contributed by atoms with Gasteiger partial charge in [-0.15, -0.1) is 0 Å². The number of sulfonamides is 1. The lowest BCUT2D eigenvalue weighted by Gasteiger charge is -2.24. The topological polar surface area (TPSA) is 104 Å². The van der Waals surface area contributed by atoms with Gasteiger partial charge in [-0.1, -0.05) is 48.2 Å². The van der Waals surface area contributed by atoms with Gasteiger partial charge in [0.05, 0.1) is 16.7 Å². The summed E-state index contributed by atoms with van der Waals surface area (Å²) in [6.07, 6.45) is 11.1. The van der Waals surface area contributed by atoms with Gasteiger partial charge in [0.25, 0.3) is 0 Å². The van der Waals surface area contributed by atoms with E-state index < -0.39 is 10.0 Å². The number of aliphatic hydroxyl groups excluding tert-OH is 1. The lowest BCUT2D eigenvalue weighted by Crippen LogP contribution is -2.34. The van der Waals surface area contributed by atoms with Crippen molar-refractivity contribution in [2.75, 3.05) is 25.4 Å². The van der Waals surface area contributed by atoms with Crippen molar-refractivity contribution < 1.29 is 23.1 Å². The molecule has 0 aromatic heterocycles. The average Bonchev–Trinajstić information content (AvgIpc) is 3.20. The van der Waals surface area contributed by atoms with Crippen molar-refractivity contribution in [2.24, 2.45) is 5.92 Å². The maximum absolute atomic E-state index is 13.3. The molecule has 1 aromatic carbocycles. The van der Waals surface area contributed by atoms with E-state index in [1.54, 1.807) is 0 Å². The molecule has 1 aliphatic heterocycles. The van der Waals surface area contributed by atoms with E-state index >= 15 is 0 Å². The van der Waals surface area contributed by atoms with E-state index in [4.69, 9.17) is 0 Å².